The molecule has 0 unspecified atom stereocenters. The lowest BCUT2D eigenvalue weighted by Gasteiger charge is -2.10. The Balaban J connectivity index is 2.36. The fourth-order valence-electron chi connectivity index (χ4n) is 1.69. The standard InChI is InChI=1S/C13H17N3O/c1-9(2)17-13-7-5-6-12(14-13)16-11(4)8-10(3)15-16/h5-9H,1-4H3. The van der Waals surface area contributed by atoms with Crippen molar-refractivity contribution in [2.24, 2.45) is 0 Å². The monoisotopic (exact) mass is 231 g/mol. The fraction of sp³-hybridized carbons (Fsp3) is 0.385. The summed E-state index contributed by atoms with van der Waals surface area (Å²) in [5.74, 6) is 1.42. The van der Waals surface area contributed by atoms with E-state index in [2.05, 4.69) is 10.1 Å². The topological polar surface area (TPSA) is 39.9 Å². The minimum absolute atomic E-state index is 0.123. The molecule has 2 rings (SSSR count). The molecule has 0 bridgehead atoms. The number of pyridine rings is 1. The molecule has 2 aromatic rings. The van der Waals surface area contributed by atoms with Gasteiger partial charge in [-0.2, -0.15) is 10.1 Å². The van der Waals surface area contributed by atoms with Crippen LogP contribution in [0.5, 0.6) is 5.88 Å². The van der Waals surface area contributed by atoms with Crippen molar-refractivity contribution in [2.45, 2.75) is 33.8 Å². The van der Waals surface area contributed by atoms with Crippen LogP contribution in [-0.2, 0) is 0 Å². The summed E-state index contributed by atoms with van der Waals surface area (Å²) >= 11 is 0. The minimum atomic E-state index is 0.123. The van der Waals surface area contributed by atoms with Crippen LogP contribution < -0.4 is 4.74 Å². The molecule has 2 heterocycles. The first-order valence-corrected chi connectivity index (χ1v) is 5.73. The first kappa shape index (κ1) is 11.6. The van der Waals surface area contributed by atoms with E-state index < -0.39 is 0 Å². The van der Waals surface area contributed by atoms with Gasteiger partial charge in [-0.05, 0) is 39.8 Å². The van der Waals surface area contributed by atoms with E-state index in [0.717, 1.165) is 17.2 Å². The molecule has 0 aliphatic heterocycles. The van der Waals surface area contributed by atoms with Gasteiger partial charge in [0.2, 0.25) is 5.88 Å². The highest BCUT2D eigenvalue weighted by atomic mass is 16.5. The number of ether oxygens (including phenoxy) is 1. The third-order valence-electron chi connectivity index (χ3n) is 2.29. The molecule has 2 aromatic heterocycles. The van der Waals surface area contributed by atoms with Crippen LogP contribution in [0.15, 0.2) is 24.3 Å². The number of aromatic nitrogens is 3. The average Bonchev–Trinajstić information content (AvgIpc) is 2.57. The number of hydrogen-bond acceptors (Lipinski definition) is 3. The molecule has 0 aliphatic carbocycles. The van der Waals surface area contributed by atoms with E-state index in [9.17, 15) is 0 Å². The second-order valence-corrected chi connectivity index (χ2v) is 4.34. The van der Waals surface area contributed by atoms with Gasteiger partial charge in [0, 0.05) is 11.8 Å². The number of nitrogens with zero attached hydrogens (tertiary/aromatic N) is 3. The van der Waals surface area contributed by atoms with Gasteiger partial charge in [0.15, 0.2) is 5.82 Å². The maximum absolute atomic E-state index is 5.57. The molecule has 0 radical (unpaired) electrons. The number of aryl methyl sites for hydroxylation is 2. The summed E-state index contributed by atoms with van der Waals surface area (Å²) in [6, 6.07) is 7.73. The second kappa shape index (κ2) is 4.57. The van der Waals surface area contributed by atoms with Crippen LogP contribution in [0.2, 0.25) is 0 Å². The summed E-state index contributed by atoms with van der Waals surface area (Å²) in [5.41, 5.74) is 2.05. The van der Waals surface area contributed by atoms with E-state index in [1.807, 2.05) is 56.6 Å². The molecular formula is C13H17N3O. The van der Waals surface area contributed by atoms with Crippen molar-refractivity contribution in [3.8, 4) is 11.7 Å². The molecule has 4 heteroatoms. The van der Waals surface area contributed by atoms with Crippen LogP contribution in [0.3, 0.4) is 0 Å². The third kappa shape index (κ3) is 2.64. The Bertz CT molecular complexity index is 517. The van der Waals surface area contributed by atoms with Crippen LogP contribution in [0.4, 0.5) is 0 Å². The smallest absolute Gasteiger partial charge is 0.215 e. The van der Waals surface area contributed by atoms with Crippen molar-refractivity contribution in [1.82, 2.24) is 14.8 Å². The summed E-state index contributed by atoms with van der Waals surface area (Å²) in [4.78, 5) is 4.44. The van der Waals surface area contributed by atoms with Gasteiger partial charge < -0.3 is 4.74 Å². The van der Waals surface area contributed by atoms with Crippen LogP contribution in [-0.4, -0.2) is 20.9 Å². The van der Waals surface area contributed by atoms with Gasteiger partial charge in [-0.3, -0.25) is 0 Å². The Labute approximate surface area is 101 Å². The van der Waals surface area contributed by atoms with Crippen LogP contribution in [0, 0.1) is 13.8 Å². The van der Waals surface area contributed by atoms with Gasteiger partial charge in [-0.1, -0.05) is 6.07 Å². The predicted molar refractivity (Wildman–Crippen MR) is 66.6 cm³/mol. The van der Waals surface area contributed by atoms with Crippen molar-refractivity contribution in [3.63, 3.8) is 0 Å². The van der Waals surface area contributed by atoms with Crippen LogP contribution >= 0.6 is 0 Å². The lowest BCUT2D eigenvalue weighted by molar-refractivity contribution is 0.232. The lowest BCUT2D eigenvalue weighted by Crippen LogP contribution is -2.09. The Hall–Kier alpha value is -1.84. The molecule has 0 saturated heterocycles. The van der Waals surface area contributed by atoms with Gasteiger partial charge >= 0.3 is 0 Å². The molecule has 17 heavy (non-hydrogen) atoms. The second-order valence-electron chi connectivity index (χ2n) is 4.34. The van der Waals surface area contributed by atoms with Crippen molar-refractivity contribution >= 4 is 0 Å². The highest BCUT2D eigenvalue weighted by Crippen LogP contribution is 2.14. The van der Waals surface area contributed by atoms with Crippen LogP contribution in [0.1, 0.15) is 25.2 Å². The molecule has 90 valence electrons. The largest absolute Gasteiger partial charge is 0.475 e. The van der Waals surface area contributed by atoms with Gasteiger partial charge in [0.1, 0.15) is 0 Å². The summed E-state index contributed by atoms with van der Waals surface area (Å²) in [6.45, 7) is 7.95. The van der Waals surface area contributed by atoms with E-state index in [0.29, 0.717) is 5.88 Å². The molecule has 0 saturated carbocycles. The maximum Gasteiger partial charge on any atom is 0.215 e. The molecule has 0 fully saturated rings. The van der Waals surface area contributed by atoms with E-state index in [1.54, 1.807) is 0 Å². The highest BCUT2D eigenvalue weighted by Gasteiger charge is 2.06. The lowest BCUT2D eigenvalue weighted by atomic mass is 10.4. The molecular weight excluding hydrogens is 214 g/mol. The molecule has 4 nitrogen and oxygen atoms in total. The number of rotatable bonds is 3. The Morgan fingerprint density at radius 3 is 2.59 bits per heavy atom. The first-order chi connectivity index (χ1) is 8.06. The van der Waals surface area contributed by atoms with Crippen molar-refractivity contribution in [3.05, 3.63) is 35.7 Å². The minimum Gasteiger partial charge on any atom is -0.475 e. The fourth-order valence-corrected chi connectivity index (χ4v) is 1.69. The summed E-state index contributed by atoms with van der Waals surface area (Å²) in [5, 5.41) is 4.40. The highest BCUT2D eigenvalue weighted by molar-refractivity contribution is 5.29. The van der Waals surface area contributed by atoms with Crippen molar-refractivity contribution in [1.29, 1.82) is 0 Å². The zero-order chi connectivity index (χ0) is 12.4. The Morgan fingerprint density at radius 2 is 2.00 bits per heavy atom. The van der Waals surface area contributed by atoms with E-state index in [4.69, 9.17) is 4.74 Å². The zero-order valence-electron chi connectivity index (χ0n) is 10.6. The first-order valence-electron chi connectivity index (χ1n) is 5.73. The zero-order valence-corrected chi connectivity index (χ0v) is 10.6. The van der Waals surface area contributed by atoms with Gasteiger partial charge in [-0.25, -0.2) is 4.68 Å². The van der Waals surface area contributed by atoms with Crippen molar-refractivity contribution < 1.29 is 4.74 Å². The normalized spacial score (nSPS) is 10.9. The third-order valence-corrected chi connectivity index (χ3v) is 2.29. The molecule has 0 amide bonds. The Kier molecular flexibility index (Phi) is 3.13. The maximum atomic E-state index is 5.57. The Morgan fingerprint density at radius 1 is 1.24 bits per heavy atom. The molecule has 0 atom stereocenters. The molecule has 0 aromatic carbocycles. The average molecular weight is 231 g/mol. The van der Waals surface area contributed by atoms with Crippen LogP contribution in [0.25, 0.3) is 5.82 Å². The van der Waals surface area contributed by atoms with Gasteiger partial charge in [0.25, 0.3) is 0 Å². The van der Waals surface area contributed by atoms with E-state index in [-0.39, 0.29) is 6.10 Å². The summed E-state index contributed by atoms with van der Waals surface area (Å²) in [7, 11) is 0. The molecule has 0 spiro atoms. The van der Waals surface area contributed by atoms with Crippen molar-refractivity contribution in [2.75, 3.05) is 0 Å². The van der Waals surface area contributed by atoms with E-state index in [1.165, 1.54) is 0 Å². The quantitative estimate of drug-likeness (QED) is 0.815. The molecule has 0 N–H and O–H groups in total. The summed E-state index contributed by atoms with van der Waals surface area (Å²) < 4.78 is 7.39. The molecule has 0 aliphatic rings. The SMILES string of the molecule is Cc1cc(C)n(-c2cccc(OC(C)C)n2)n1. The van der Waals surface area contributed by atoms with Gasteiger partial charge in [0.05, 0.1) is 11.8 Å². The van der Waals surface area contributed by atoms with E-state index >= 15 is 0 Å². The predicted octanol–water partition coefficient (Wildman–Crippen LogP) is 2.67. The summed E-state index contributed by atoms with van der Waals surface area (Å²) in [6.07, 6.45) is 0.123. The number of hydrogen-bond donors (Lipinski definition) is 0. The van der Waals surface area contributed by atoms with Gasteiger partial charge in [-0.15, -0.1) is 0 Å².